The summed E-state index contributed by atoms with van der Waals surface area (Å²) in [5, 5.41) is 13.0. The topological polar surface area (TPSA) is 88.6 Å². The molecule has 1 fully saturated rings. The molecule has 1 amide bonds. The van der Waals surface area contributed by atoms with Crippen molar-refractivity contribution in [3.05, 3.63) is 34.8 Å². The van der Waals surface area contributed by atoms with Gasteiger partial charge in [-0.3, -0.25) is 14.2 Å². The molecule has 0 aliphatic heterocycles. The molecular formula is C16H19N3O4. The summed E-state index contributed by atoms with van der Waals surface area (Å²) < 4.78 is 6.95. The second kappa shape index (κ2) is 5.57. The SMILES string of the molecule is Cc1cc(-n2c(C)cc(C(=O)N(CC(=O)O)C3CC3)c2C)no1. The highest BCUT2D eigenvalue weighted by atomic mass is 16.5. The lowest BCUT2D eigenvalue weighted by Crippen LogP contribution is -2.37. The number of carbonyl (C=O) groups is 2. The Morgan fingerprint density at radius 3 is 2.57 bits per heavy atom. The largest absolute Gasteiger partial charge is 0.480 e. The van der Waals surface area contributed by atoms with Crippen molar-refractivity contribution in [2.75, 3.05) is 6.54 Å². The third-order valence-corrected chi connectivity index (χ3v) is 4.06. The highest BCUT2D eigenvalue weighted by molar-refractivity contribution is 5.97. The normalized spacial score (nSPS) is 14.0. The summed E-state index contributed by atoms with van der Waals surface area (Å²) >= 11 is 0. The maximum Gasteiger partial charge on any atom is 0.323 e. The van der Waals surface area contributed by atoms with Crippen LogP contribution in [0.5, 0.6) is 0 Å². The Kier molecular flexibility index (Phi) is 3.71. The molecule has 0 atom stereocenters. The Hall–Kier alpha value is -2.57. The van der Waals surface area contributed by atoms with Gasteiger partial charge >= 0.3 is 5.97 Å². The molecule has 0 aromatic carbocycles. The zero-order valence-electron chi connectivity index (χ0n) is 13.4. The average molecular weight is 317 g/mol. The van der Waals surface area contributed by atoms with Crippen LogP contribution in [0.3, 0.4) is 0 Å². The third kappa shape index (κ3) is 2.86. The van der Waals surface area contributed by atoms with Crippen molar-refractivity contribution in [1.82, 2.24) is 14.6 Å². The molecule has 2 heterocycles. The second-order valence-electron chi connectivity index (χ2n) is 5.97. The number of aromatic nitrogens is 2. The van der Waals surface area contributed by atoms with Crippen LogP contribution in [0, 0.1) is 20.8 Å². The van der Waals surface area contributed by atoms with Gasteiger partial charge in [0.1, 0.15) is 12.3 Å². The van der Waals surface area contributed by atoms with Crippen LogP contribution in [0.15, 0.2) is 16.7 Å². The number of rotatable bonds is 5. The van der Waals surface area contributed by atoms with Gasteiger partial charge < -0.3 is 14.5 Å². The van der Waals surface area contributed by atoms with E-state index in [-0.39, 0.29) is 18.5 Å². The Balaban J connectivity index is 1.96. The van der Waals surface area contributed by atoms with Crippen LogP contribution in [0.4, 0.5) is 0 Å². The summed E-state index contributed by atoms with van der Waals surface area (Å²) in [6, 6.07) is 3.61. The van der Waals surface area contributed by atoms with E-state index in [1.165, 1.54) is 4.90 Å². The molecule has 1 N–H and O–H groups in total. The third-order valence-electron chi connectivity index (χ3n) is 4.06. The second-order valence-corrected chi connectivity index (χ2v) is 5.97. The fraction of sp³-hybridized carbons (Fsp3) is 0.438. The summed E-state index contributed by atoms with van der Waals surface area (Å²) in [7, 11) is 0. The van der Waals surface area contributed by atoms with Gasteiger partial charge in [-0.25, -0.2) is 0 Å². The maximum absolute atomic E-state index is 12.8. The molecule has 122 valence electrons. The molecule has 7 heteroatoms. The van der Waals surface area contributed by atoms with E-state index in [0.717, 1.165) is 24.2 Å². The lowest BCUT2D eigenvalue weighted by molar-refractivity contribution is -0.137. The summed E-state index contributed by atoms with van der Waals surface area (Å²) in [6.07, 6.45) is 1.72. The van der Waals surface area contributed by atoms with Crippen LogP contribution >= 0.6 is 0 Å². The molecule has 1 aliphatic rings. The predicted octanol–water partition coefficient (Wildman–Crippen LogP) is 2.08. The van der Waals surface area contributed by atoms with Gasteiger partial charge in [0, 0.05) is 23.5 Å². The van der Waals surface area contributed by atoms with Crippen LogP contribution < -0.4 is 0 Å². The van der Waals surface area contributed by atoms with Gasteiger partial charge in [-0.1, -0.05) is 5.16 Å². The minimum Gasteiger partial charge on any atom is -0.480 e. The number of carbonyl (C=O) groups excluding carboxylic acids is 1. The molecule has 0 bridgehead atoms. The van der Waals surface area contributed by atoms with E-state index in [0.29, 0.717) is 17.1 Å². The fourth-order valence-electron chi connectivity index (χ4n) is 2.84. The van der Waals surface area contributed by atoms with E-state index in [2.05, 4.69) is 5.16 Å². The summed E-state index contributed by atoms with van der Waals surface area (Å²) in [5.74, 6) is 0.0688. The fourth-order valence-corrected chi connectivity index (χ4v) is 2.84. The quantitative estimate of drug-likeness (QED) is 0.912. The lowest BCUT2D eigenvalue weighted by Gasteiger charge is -2.20. The number of carboxylic acids is 1. The Morgan fingerprint density at radius 2 is 2.04 bits per heavy atom. The number of nitrogens with zero attached hydrogens (tertiary/aromatic N) is 3. The number of aliphatic carboxylic acids is 1. The van der Waals surface area contributed by atoms with E-state index < -0.39 is 5.97 Å². The first kappa shape index (κ1) is 15.3. The lowest BCUT2D eigenvalue weighted by atomic mass is 10.2. The number of amides is 1. The molecule has 2 aromatic heterocycles. The number of carboxylic acid groups (broad SMARTS) is 1. The molecule has 23 heavy (non-hydrogen) atoms. The summed E-state index contributed by atoms with van der Waals surface area (Å²) in [6.45, 7) is 5.25. The molecule has 7 nitrogen and oxygen atoms in total. The monoisotopic (exact) mass is 317 g/mol. The Labute approximate surface area is 133 Å². The van der Waals surface area contributed by atoms with E-state index in [1.54, 1.807) is 19.1 Å². The first-order valence-corrected chi connectivity index (χ1v) is 7.54. The van der Waals surface area contributed by atoms with Crippen molar-refractivity contribution < 1.29 is 19.2 Å². The van der Waals surface area contributed by atoms with Crippen LogP contribution in [0.2, 0.25) is 0 Å². The molecule has 0 spiro atoms. The first-order chi connectivity index (χ1) is 10.9. The van der Waals surface area contributed by atoms with Crippen molar-refractivity contribution in [2.45, 2.75) is 39.7 Å². The van der Waals surface area contributed by atoms with Gasteiger partial charge in [-0.2, -0.15) is 0 Å². The van der Waals surface area contributed by atoms with Gasteiger partial charge in [0.15, 0.2) is 5.82 Å². The van der Waals surface area contributed by atoms with Gasteiger partial charge in [0.2, 0.25) is 0 Å². The van der Waals surface area contributed by atoms with Crippen molar-refractivity contribution in [3.63, 3.8) is 0 Å². The number of hydrogen-bond acceptors (Lipinski definition) is 4. The standard InChI is InChI=1S/C16H19N3O4/c1-9-6-13(11(3)19(9)14-7-10(2)23-17-14)16(22)18(8-15(20)21)12-4-5-12/h6-7,12H,4-5,8H2,1-3H3,(H,20,21). The minimum absolute atomic E-state index is 0.0379. The molecular weight excluding hydrogens is 298 g/mol. The molecule has 0 unspecified atom stereocenters. The van der Waals surface area contributed by atoms with Gasteiger partial charge in [-0.15, -0.1) is 0 Å². The number of aryl methyl sites for hydroxylation is 2. The highest BCUT2D eigenvalue weighted by Gasteiger charge is 2.35. The Morgan fingerprint density at radius 1 is 1.35 bits per heavy atom. The molecule has 1 saturated carbocycles. The molecule has 0 radical (unpaired) electrons. The predicted molar refractivity (Wildman–Crippen MR) is 81.7 cm³/mol. The first-order valence-electron chi connectivity index (χ1n) is 7.54. The van der Waals surface area contributed by atoms with Crippen LogP contribution in [0.25, 0.3) is 5.82 Å². The average Bonchev–Trinajstić information content (AvgIpc) is 3.17. The molecule has 3 rings (SSSR count). The summed E-state index contributed by atoms with van der Waals surface area (Å²) in [5.41, 5.74) is 2.10. The van der Waals surface area contributed by atoms with Crippen molar-refractivity contribution in [2.24, 2.45) is 0 Å². The van der Waals surface area contributed by atoms with E-state index >= 15 is 0 Å². The van der Waals surface area contributed by atoms with E-state index in [1.807, 2.05) is 18.4 Å². The van der Waals surface area contributed by atoms with E-state index in [9.17, 15) is 9.59 Å². The zero-order valence-corrected chi connectivity index (χ0v) is 13.4. The minimum atomic E-state index is -0.994. The zero-order chi connectivity index (χ0) is 16.7. The van der Waals surface area contributed by atoms with Crippen molar-refractivity contribution in [1.29, 1.82) is 0 Å². The number of hydrogen-bond donors (Lipinski definition) is 1. The van der Waals surface area contributed by atoms with Crippen molar-refractivity contribution in [3.8, 4) is 5.82 Å². The van der Waals surface area contributed by atoms with Crippen LogP contribution in [-0.2, 0) is 4.79 Å². The smallest absolute Gasteiger partial charge is 0.323 e. The highest BCUT2D eigenvalue weighted by Crippen LogP contribution is 2.30. The van der Waals surface area contributed by atoms with Crippen LogP contribution in [-0.4, -0.2) is 44.2 Å². The molecule has 2 aromatic rings. The summed E-state index contributed by atoms with van der Waals surface area (Å²) in [4.78, 5) is 25.3. The van der Waals surface area contributed by atoms with E-state index in [4.69, 9.17) is 9.63 Å². The molecule has 0 saturated heterocycles. The van der Waals surface area contributed by atoms with Crippen molar-refractivity contribution >= 4 is 11.9 Å². The van der Waals surface area contributed by atoms with Gasteiger partial charge in [-0.05, 0) is 39.7 Å². The Bertz CT molecular complexity index is 770. The van der Waals surface area contributed by atoms with Gasteiger partial charge in [0.25, 0.3) is 5.91 Å². The molecule has 1 aliphatic carbocycles. The van der Waals surface area contributed by atoms with Crippen LogP contribution in [0.1, 0.15) is 40.3 Å². The maximum atomic E-state index is 12.8. The van der Waals surface area contributed by atoms with Gasteiger partial charge in [0.05, 0.1) is 5.56 Å².